The van der Waals surface area contributed by atoms with E-state index in [1.54, 1.807) is 21.3 Å². The third-order valence-electron chi connectivity index (χ3n) is 5.21. The number of piperazine rings is 1. The van der Waals surface area contributed by atoms with Crippen molar-refractivity contribution in [2.75, 3.05) is 47.5 Å². The van der Waals surface area contributed by atoms with E-state index in [-0.39, 0.29) is 5.91 Å². The van der Waals surface area contributed by atoms with Crippen molar-refractivity contribution >= 4 is 5.91 Å². The first-order valence-electron chi connectivity index (χ1n) is 8.79. The predicted octanol–water partition coefficient (Wildman–Crippen LogP) is 1.66. The number of carbonyl (C=O) groups excluding carboxylic acids is 1. The number of rotatable bonds is 6. The molecule has 1 aromatic rings. The van der Waals surface area contributed by atoms with Crippen LogP contribution in [-0.4, -0.2) is 63.2 Å². The van der Waals surface area contributed by atoms with E-state index in [4.69, 9.17) is 14.2 Å². The van der Waals surface area contributed by atoms with Gasteiger partial charge in [-0.1, -0.05) is 6.07 Å². The van der Waals surface area contributed by atoms with Gasteiger partial charge in [-0.3, -0.25) is 9.69 Å². The zero-order valence-electron chi connectivity index (χ0n) is 15.6. The van der Waals surface area contributed by atoms with Crippen LogP contribution < -0.4 is 14.2 Å². The number of nitriles is 1. The van der Waals surface area contributed by atoms with Crippen LogP contribution in [-0.2, 0) is 11.3 Å². The number of nitrogens with zero attached hydrogens (tertiary/aromatic N) is 3. The molecule has 1 aliphatic carbocycles. The Hall–Kier alpha value is -2.46. The predicted molar refractivity (Wildman–Crippen MR) is 95.2 cm³/mol. The smallest absolute Gasteiger partial charge is 0.243 e. The number of hydrogen-bond acceptors (Lipinski definition) is 6. The van der Waals surface area contributed by atoms with E-state index in [9.17, 15) is 10.1 Å². The zero-order chi connectivity index (χ0) is 18.7. The third-order valence-corrected chi connectivity index (χ3v) is 5.21. The highest BCUT2D eigenvalue weighted by Crippen LogP contribution is 2.46. The van der Waals surface area contributed by atoms with Crippen LogP contribution >= 0.6 is 0 Å². The van der Waals surface area contributed by atoms with Gasteiger partial charge >= 0.3 is 0 Å². The summed E-state index contributed by atoms with van der Waals surface area (Å²) in [6, 6.07) is 6.05. The Kier molecular flexibility index (Phi) is 5.23. The molecule has 0 unspecified atom stereocenters. The van der Waals surface area contributed by atoms with Gasteiger partial charge in [0.25, 0.3) is 0 Å². The van der Waals surface area contributed by atoms with Crippen LogP contribution in [0.15, 0.2) is 12.1 Å². The first-order valence-corrected chi connectivity index (χ1v) is 8.79. The lowest BCUT2D eigenvalue weighted by Gasteiger charge is -2.36. The normalized spacial score (nSPS) is 18.8. The highest BCUT2D eigenvalue weighted by atomic mass is 16.5. The molecule has 1 aromatic carbocycles. The average molecular weight is 359 g/mol. The van der Waals surface area contributed by atoms with E-state index in [0.717, 1.165) is 18.7 Å². The summed E-state index contributed by atoms with van der Waals surface area (Å²) in [7, 11) is 4.81. The minimum Gasteiger partial charge on any atom is -0.493 e. The quantitative estimate of drug-likeness (QED) is 0.769. The molecule has 0 radical (unpaired) electrons. The summed E-state index contributed by atoms with van der Waals surface area (Å²) in [4.78, 5) is 16.6. The number of amides is 1. The molecule has 1 saturated carbocycles. The third kappa shape index (κ3) is 3.29. The van der Waals surface area contributed by atoms with Gasteiger partial charge in [0.15, 0.2) is 11.5 Å². The number of hydrogen-bond donors (Lipinski definition) is 0. The molecule has 0 bridgehead atoms. The molecule has 0 atom stereocenters. The van der Waals surface area contributed by atoms with Crippen molar-refractivity contribution in [3.05, 3.63) is 17.7 Å². The van der Waals surface area contributed by atoms with Gasteiger partial charge in [-0.2, -0.15) is 5.26 Å². The van der Waals surface area contributed by atoms with Crippen molar-refractivity contribution in [3.8, 4) is 23.3 Å². The number of benzene rings is 1. The lowest BCUT2D eigenvalue weighted by Crippen LogP contribution is -2.50. The largest absolute Gasteiger partial charge is 0.493 e. The highest BCUT2D eigenvalue weighted by Gasteiger charge is 2.52. The second kappa shape index (κ2) is 7.42. The topological polar surface area (TPSA) is 75.0 Å². The molecule has 0 aromatic heterocycles. The van der Waals surface area contributed by atoms with Crippen LogP contribution in [0.4, 0.5) is 0 Å². The summed E-state index contributed by atoms with van der Waals surface area (Å²) in [5.41, 5.74) is 0.287. The molecule has 7 heteroatoms. The van der Waals surface area contributed by atoms with E-state index >= 15 is 0 Å². The van der Waals surface area contributed by atoms with Crippen molar-refractivity contribution in [1.29, 1.82) is 5.26 Å². The van der Waals surface area contributed by atoms with Crippen molar-refractivity contribution < 1.29 is 19.0 Å². The minimum absolute atomic E-state index is 0.00310. The second-order valence-corrected chi connectivity index (χ2v) is 6.76. The maximum atomic E-state index is 12.5. The molecule has 2 aliphatic rings. The summed E-state index contributed by atoms with van der Waals surface area (Å²) in [6.45, 7) is 3.54. The minimum atomic E-state index is -0.727. The highest BCUT2D eigenvalue weighted by molar-refractivity contribution is 5.88. The first kappa shape index (κ1) is 18.3. The summed E-state index contributed by atoms with van der Waals surface area (Å²) >= 11 is 0. The molecule has 1 saturated heterocycles. The van der Waals surface area contributed by atoms with Crippen molar-refractivity contribution in [2.24, 2.45) is 5.41 Å². The van der Waals surface area contributed by atoms with Crippen molar-refractivity contribution in [2.45, 2.75) is 19.4 Å². The molecule has 0 N–H and O–H groups in total. The Morgan fingerprint density at radius 3 is 2.23 bits per heavy atom. The van der Waals surface area contributed by atoms with Crippen LogP contribution in [0.2, 0.25) is 0 Å². The molecule has 3 rings (SSSR count). The molecule has 2 fully saturated rings. The van der Waals surface area contributed by atoms with Crippen LogP contribution in [0.5, 0.6) is 17.2 Å². The lowest BCUT2D eigenvalue weighted by atomic mass is 10.1. The summed E-state index contributed by atoms with van der Waals surface area (Å²) in [5, 5.41) is 9.21. The lowest BCUT2D eigenvalue weighted by molar-refractivity contribution is -0.136. The summed E-state index contributed by atoms with van der Waals surface area (Å²) in [5.74, 6) is 1.90. The fraction of sp³-hybridized carbons (Fsp3) is 0.579. The Bertz CT molecular complexity index is 716. The monoisotopic (exact) mass is 359 g/mol. The number of carbonyl (C=O) groups is 1. The fourth-order valence-electron chi connectivity index (χ4n) is 3.44. The molecule has 1 aliphatic heterocycles. The molecule has 7 nitrogen and oxygen atoms in total. The van der Waals surface area contributed by atoms with Gasteiger partial charge < -0.3 is 19.1 Å². The Morgan fingerprint density at radius 1 is 1.08 bits per heavy atom. The second-order valence-electron chi connectivity index (χ2n) is 6.76. The van der Waals surface area contributed by atoms with Gasteiger partial charge in [-0.25, -0.2) is 0 Å². The van der Waals surface area contributed by atoms with Gasteiger partial charge in [0, 0.05) is 38.3 Å². The van der Waals surface area contributed by atoms with Crippen molar-refractivity contribution in [3.63, 3.8) is 0 Å². The Morgan fingerprint density at radius 2 is 1.73 bits per heavy atom. The molecular formula is C19H25N3O4. The van der Waals surface area contributed by atoms with Crippen LogP contribution in [0, 0.1) is 16.7 Å². The van der Waals surface area contributed by atoms with E-state index in [1.807, 2.05) is 17.0 Å². The van der Waals surface area contributed by atoms with Crippen LogP contribution in [0.3, 0.4) is 0 Å². The summed E-state index contributed by atoms with van der Waals surface area (Å²) in [6.07, 6.45) is 1.40. The van der Waals surface area contributed by atoms with Gasteiger partial charge in [0.2, 0.25) is 11.7 Å². The molecule has 26 heavy (non-hydrogen) atoms. The van der Waals surface area contributed by atoms with Crippen molar-refractivity contribution in [1.82, 2.24) is 9.80 Å². The average Bonchev–Trinajstić information content (AvgIpc) is 3.48. The molecule has 1 amide bonds. The van der Waals surface area contributed by atoms with Crippen LogP contribution in [0.25, 0.3) is 0 Å². The molecular weight excluding hydrogens is 334 g/mol. The van der Waals surface area contributed by atoms with Crippen LogP contribution in [0.1, 0.15) is 18.4 Å². The zero-order valence-corrected chi connectivity index (χ0v) is 15.6. The summed E-state index contributed by atoms with van der Waals surface area (Å²) < 4.78 is 16.3. The Labute approximate surface area is 154 Å². The van der Waals surface area contributed by atoms with Gasteiger partial charge in [0.1, 0.15) is 5.41 Å². The van der Waals surface area contributed by atoms with E-state index in [2.05, 4.69) is 11.0 Å². The fourth-order valence-corrected chi connectivity index (χ4v) is 3.44. The van der Waals surface area contributed by atoms with Gasteiger partial charge in [0.05, 0.1) is 27.4 Å². The molecule has 1 heterocycles. The first-order chi connectivity index (χ1) is 12.6. The number of ether oxygens (including phenoxy) is 3. The van der Waals surface area contributed by atoms with E-state index in [1.165, 1.54) is 0 Å². The van der Waals surface area contributed by atoms with E-state index < -0.39 is 5.41 Å². The van der Waals surface area contributed by atoms with Gasteiger partial charge in [-0.15, -0.1) is 0 Å². The maximum Gasteiger partial charge on any atom is 0.243 e. The Balaban J connectivity index is 1.65. The molecule has 140 valence electrons. The molecule has 0 spiro atoms. The van der Waals surface area contributed by atoms with Gasteiger partial charge in [-0.05, 0) is 18.9 Å². The number of methoxy groups -OCH3 is 3. The SMILES string of the molecule is COc1ccc(CN2CCN(C(=O)C3(C#N)CC3)CC2)c(OC)c1OC. The van der Waals surface area contributed by atoms with E-state index in [0.29, 0.717) is 49.7 Å². The standard InChI is InChI=1S/C19H25N3O4/c1-24-15-5-4-14(16(25-2)17(15)26-3)12-21-8-10-22(11-9-21)18(23)19(13-20)6-7-19/h4-5H,6-12H2,1-3H3. The maximum absolute atomic E-state index is 12.5.